The SMILES string of the molecule is CN1C=CC[N+](C)=C1N. The van der Waals surface area contributed by atoms with Crippen molar-refractivity contribution in [2.45, 2.75) is 0 Å². The fourth-order valence-corrected chi connectivity index (χ4v) is 0.803. The molecule has 0 aromatic heterocycles. The van der Waals surface area contributed by atoms with Crippen molar-refractivity contribution >= 4 is 5.96 Å². The third kappa shape index (κ3) is 1.04. The van der Waals surface area contributed by atoms with Crippen molar-refractivity contribution in [1.29, 1.82) is 0 Å². The van der Waals surface area contributed by atoms with E-state index in [4.69, 9.17) is 5.73 Å². The number of rotatable bonds is 0. The number of nitrogens with two attached hydrogens (primary N) is 1. The van der Waals surface area contributed by atoms with Crippen LogP contribution in [0.2, 0.25) is 0 Å². The van der Waals surface area contributed by atoms with E-state index in [1.54, 1.807) is 0 Å². The summed E-state index contributed by atoms with van der Waals surface area (Å²) < 4.78 is 1.99. The fourth-order valence-electron chi connectivity index (χ4n) is 0.803. The monoisotopic (exact) mass is 126 g/mol. The van der Waals surface area contributed by atoms with Crippen molar-refractivity contribution in [3.63, 3.8) is 0 Å². The molecule has 0 aliphatic carbocycles. The van der Waals surface area contributed by atoms with E-state index in [1.165, 1.54) is 0 Å². The third-order valence-electron chi connectivity index (χ3n) is 1.46. The Hall–Kier alpha value is -0.990. The van der Waals surface area contributed by atoms with Crippen molar-refractivity contribution < 1.29 is 4.58 Å². The number of nitrogens with zero attached hydrogens (tertiary/aromatic N) is 2. The Bertz CT molecular complexity index is 169. The van der Waals surface area contributed by atoms with Crippen molar-refractivity contribution in [1.82, 2.24) is 4.90 Å². The Labute approximate surface area is 55.1 Å². The van der Waals surface area contributed by atoms with Crippen LogP contribution in [0.25, 0.3) is 0 Å². The fraction of sp³-hybridized carbons (Fsp3) is 0.500. The molecule has 50 valence electrons. The summed E-state index contributed by atoms with van der Waals surface area (Å²) in [6, 6.07) is 0. The van der Waals surface area contributed by atoms with Crippen LogP contribution in [-0.4, -0.2) is 36.1 Å². The lowest BCUT2D eigenvalue weighted by Crippen LogP contribution is -2.40. The van der Waals surface area contributed by atoms with Gasteiger partial charge in [-0.15, -0.1) is 0 Å². The molecule has 0 aromatic carbocycles. The molecular weight excluding hydrogens is 114 g/mol. The number of likely N-dealkylation sites (N-methyl/N-ethyl adjacent to an activating group) is 1. The predicted octanol–water partition coefficient (Wildman–Crippen LogP) is -0.597. The highest BCUT2D eigenvalue weighted by atomic mass is 15.3. The summed E-state index contributed by atoms with van der Waals surface area (Å²) in [4.78, 5) is 1.89. The van der Waals surface area contributed by atoms with E-state index < -0.39 is 0 Å². The Balaban J connectivity index is 2.79. The van der Waals surface area contributed by atoms with Crippen LogP contribution in [0.5, 0.6) is 0 Å². The molecule has 3 nitrogen and oxygen atoms in total. The van der Waals surface area contributed by atoms with Gasteiger partial charge >= 0.3 is 5.96 Å². The lowest BCUT2D eigenvalue weighted by Gasteiger charge is -2.13. The minimum absolute atomic E-state index is 0.803. The van der Waals surface area contributed by atoms with E-state index in [-0.39, 0.29) is 0 Å². The largest absolute Gasteiger partial charge is 0.350 e. The maximum Gasteiger partial charge on any atom is 0.350 e. The second-order valence-corrected chi connectivity index (χ2v) is 2.23. The van der Waals surface area contributed by atoms with Crippen LogP contribution in [0.3, 0.4) is 0 Å². The molecule has 0 unspecified atom stereocenters. The van der Waals surface area contributed by atoms with E-state index in [2.05, 4.69) is 6.08 Å². The minimum Gasteiger partial charge on any atom is -0.290 e. The van der Waals surface area contributed by atoms with Gasteiger partial charge in [0.2, 0.25) is 0 Å². The molecule has 0 saturated heterocycles. The van der Waals surface area contributed by atoms with Gasteiger partial charge in [0.1, 0.15) is 0 Å². The lowest BCUT2D eigenvalue weighted by molar-refractivity contribution is -0.494. The smallest absolute Gasteiger partial charge is 0.290 e. The molecule has 2 N–H and O–H groups in total. The summed E-state index contributed by atoms with van der Waals surface area (Å²) in [5.74, 6) is 0.803. The molecule has 0 spiro atoms. The van der Waals surface area contributed by atoms with Gasteiger partial charge in [-0.2, -0.15) is 0 Å². The number of hydrogen-bond acceptors (Lipinski definition) is 2. The second-order valence-electron chi connectivity index (χ2n) is 2.23. The van der Waals surface area contributed by atoms with Gasteiger partial charge < -0.3 is 0 Å². The summed E-state index contributed by atoms with van der Waals surface area (Å²) >= 11 is 0. The second kappa shape index (κ2) is 2.09. The summed E-state index contributed by atoms with van der Waals surface area (Å²) in [6.07, 6.45) is 4.03. The van der Waals surface area contributed by atoms with E-state index in [9.17, 15) is 0 Å². The predicted molar refractivity (Wildman–Crippen MR) is 37.1 cm³/mol. The minimum atomic E-state index is 0.803. The summed E-state index contributed by atoms with van der Waals surface area (Å²) in [7, 11) is 3.90. The third-order valence-corrected chi connectivity index (χ3v) is 1.46. The van der Waals surface area contributed by atoms with Gasteiger partial charge in [0, 0.05) is 0 Å². The molecule has 1 aliphatic rings. The zero-order valence-corrected chi connectivity index (χ0v) is 5.83. The van der Waals surface area contributed by atoms with Crippen LogP contribution >= 0.6 is 0 Å². The quantitative estimate of drug-likeness (QED) is 0.440. The summed E-state index contributed by atoms with van der Waals surface area (Å²) in [6.45, 7) is 0.913. The highest BCUT2D eigenvalue weighted by Crippen LogP contribution is 1.90. The first-order valence-corrected chi connectivity index (χ1v) is 2.95. The highest BCUT2D eigenvalue weighted by Gasteiger charge is 2.11. The highest BCUT2D eigenvalue weighted by molar-refractivity contribution is 5.74. The molecule has 0 bridgehead atoms. The van der Waals surface area contributed by atoms with Crippen LogP contribution in [-0.2, 0) is 0 Å². The average molecular weight is 126 g/mol. The van der Waals surface area contributed by atoms with Gasteiger partial charge in [0.15, 0.2) is 0 Å². The van der Waals surface area contributed by atoms with Gasteiger partial charge in [0.25, 0.3) is 0 Å². The van der Waals surface area contributed by atoms with Crippen LogP contribution in [0.15, 0.2) is 12.3 Å². The van der Waals surface area contributed by atoms with Gasteiger partial charge in [0.05, 0.1) is 26.8 Å². The average Bonchev–Trinajstić information content (AvgIpc) is 1.83. The molecule has 0 fully saturated rings. The maximum absolute atomic E-state index is 5.64. The molecule has 0 aromatic rings. The zero-order valence-electron chi connectivity index (χ0n) is 5.83. The van der Waals surface area contributed by atoms with Gasteiger partial charge in [-0.3, -0.25) is 10.3 Å². The van der Waals surface area contributed by atoms with Gasteiger partial charge in [-0.25, -0.2) is 4.90 Å². The van der Waals surface area contributed by atoms with Crippen LogP contribution in [0.1, 0.15) is 0 Å². The van der Waals surface area contributed by atoms with E-state index in [0.29, 0.717) is 0 Å². The Morgan fingerprint density at radius 2 is 2.44 bits per heavy atom. The molecule has 0 atom stereocenters. The molecule has 1 rings (SSSR count). The first-order valence-electron chi connectivity index (χ1n) is 2.95. The molecule has 0 saturated carbocycles. The lowest BCUT2D eigenvalue weighted by atomic mass is 10.5. The van der Waals surface area contributed by atoms with Gasteiger partial charge in [-0.05, 0) is 6.08 Å². The summed E-state index contributed by atoms with van der Waals surface area (Å²) in [5.41, 5.74) is 5.64. The van der Waals surface area contributed by atoms with Crippen molar-refractivity contribution in [3.8, 4) is 0 Å². The maximum atomic E-state index is 5.64. The topological polar surface area (TPSA) is 32.3 Å². The van der Waals surface area contributed by atoms with Crippen molar-refractivity contribution in [2.75, 3.05) is 20.6 Å². The molecule has 0 radical (unpaired) electrons. The van der Waals surface area contributed by atoms with Crippen LogP contribution < -0.4 is 5.73 Å². The van der Waals surface area contributed by atoms with E-state index in [0.717, 1.165) is 12.5 Å². The Morgan fingerprint density at radius 1 is 1.78 bits per heavy atom. The molecule has 0 amide bonds. The zero-order chi connectivity index (χ0) is 6.85. The van der Waals surface area contributed by atoms with Crippen molar-refractivity contribution in [2.24, 2.45) is 5.73 Å². The first kappa shape index (κ1) is 6.13. The molecular formula is C6H12N3+. The van der Waals surface area contributed by atoms with Gasteiger partial charge in [-0.1, -0.05) is 0 Å². The molecule has 3 heteroatoms. The Kier molecular flexibility index (Phi) is 1.42. The summed E-state index contributed by atoms with van der Waals surface area (Å²) in [5, 5.41) is 0. The number of hydrogen-bond donors (Lipinski definition) is 1. The Morgan fingerprint density at radius 3 is 2.89 bits per heavy atom. The van der Waals surface area contributed by atoms with E-state index in [1.807, 2.05) is 29.8 Å². The van der Waals surface area contributed by atoms with E-state index >= 15 is 0 Å². The standard InChI is InChI=1S/C6H11N3/c1-8-4-3-5-9(2)6(8)7/h3-4,7H,5H2,1-2H3/p+1. The van der Waals surface area contributed by atoms with Crippen LogP contribution in [0.4, 0.5) is 0 Å². The molecule has 9 heavy (non-hydrogen) atoms. The van der Waals surface area contributed by atoms with Crippen LogP contribution in [0, 0.1) is 0 Å². The molecule has 1 aliphatic heterocycles. The normalized spacial score (nSPS) is 19.1. The molecule has 1 heterocycles. The number of guanidine groups is 1. The van der Waals surface area contributed by atoms with Crippen molar-refractivity contribution in [3.05, 3.63) is 12.3 Å². The first-order chi connectivity index (χ1) is 4.22.